The second kappa shape index (κ2) is 4.98. The molecule has 1 aliphatic rings. The fraction of sp³-hybridized carbons (Fsp3) is 0.571. The predicted octanol–water partition coefficient (Wildman–Crippen LogP) is 2.04. The highest BCUT2D eigenvalue weighted by Gasteiger charge is 2.29. The lowest BCUT2D eigenvalue weighted by Gasteiger charge is -2.40. The Morgan fingerprint density at radius 1 is 1.19 bits per heavy atom. The zero-order chi connectivity index (χ0) is 11.5. The molecule has 0 aliphatic carbocycles. The molecule has 2 nitrogen and oxygen atoms in total. The number of likely N-dealkylation sites (tertiary alicyclic amines) is 1. The number of rotatable bonds is 2. The van der Waals surface area contributed by atoms with Gasteiger partial charge in [0.2, 0.25) is 0 Å². The zero-order valence-corrected chi connectivity index (χ0v) is 10.6. The molecule has 1 aromatic carbocycles. The van der Waals surface area contributed by atoms with Crippen LogP contribution >= 0.6 is 0 Å². The Bertz CT molecular complexity index is 321. The molecule has 2 rings (SSSR count). The highest BCUT2D eigenvalue weighted by Crippen LogP contribution is 2.29. The Morgan fingerprint density at radius 3 is 2.50 bits per heavy atom. The molecular formula is C14H22N2. The van der Waals surface area contributed by atoms with Gasteiger partial charge in [0.1, 0.15) is 0 Å². The van der Waals surface area contributed by atoms with Gasteiger partial charge in [-0.1, -0.05) is 30.3 Å². The van der Waals surface area contributed by atoms with Crippen molar-refractivity contribution in [1.82, 2.24) is 9.80 Å². The molecule has 2 heteroatoms. The van der Waals surface area contributed by atoms with E-state index in [9.17, 15) is 0 Å². The first kappa shape index (κ1) is 11.6. The molecule has 2 atom stereocenters. The van der Waals surface area contributed by atoms with E-state index in [0.717, 1.165) is 0 Å². The number of benzene rings is 1. The van der Waals surface area contributed by atoms with Crippen LogP contribution in [0, 0.1) is 0 Å². The van der Waals surface area contributed by atoms with Gasteiger partial charge in [-0.15, -0.1) is 0 Å². The van der Waals surface area contributed by atoms with Crippen molar-refractivity contribution in [3.63, 3.8) is 0 Å². The molecular weight excluding hydrogens is 196 g/mol. The lowest BCUT2D eigenvalue weighted by atomic mass is 9.85. The predicted molar refractivity (Wildman–Crippen MR) is 68.8 cm³/mol. The molecule has 1 aromatic rings. The molecule has 88 valence electrons. The van der Waals surface area contributed by atoms with Crippen LogP contribution in [0.15, 0.2) is 30.3 Å². The van der Waals surface area contributed by atoms with Gasteiger partial charge >= 0.3 is 0 Å². The van der Waals surface area contributed by atoms with Crippen molar-refractivity contribution >= 4 is 0 Å². The summed E-state index contributed by atoms with van der Waals surface area (Å²) in [5, 5.41) is 0. The number of nitrogens with zero attached hydrogens (tertiary/aromatic N) is 2. The summed E-state index contributed by atoms with van der Waals surface area (Å²) in [5.74, 6) is 0.648. The maximum absolute atomic E-state index is 2.44. The number of likely N-dealkylation sites (N-methyl/N-ethyl adjacent to an activating group) is 2. The summed E-state index contributed by atoms with van der Waals surface area (Å²) in [4.78, 5) is 4.82. The smallest absolute Gasteiger partial charge is 0.0182 e. The SMILES string of the molecule is CN1CC[C@@H](N(C)C)[C@H](c2ccccc2)C1. The lowest BCUT2D eigenvalue weighted by molar-refractivity contribution is 0.140. The van der Waals surface area contributed by atoms with Crippen LogP contribution < -0.4 is 0 Å². The van der Waals surface area contributed by atoms with Crippen LogP contribution in [0.5, 0.6) is 0 Å². The standard InChI is InChI=1S/C14H22N2/c1-15(2)14-9-10-16(3)11-13(14)12-7-5-4-6-8-12/h4-8,13-14H,9-11H2,1-3H3/t13-,14+/m0/s1. The van der Waals surface area contributed by atoms with Crippen molar-refractivity contribution < 1.29 is 0 Å². The third kappa shape index (κ3) is 2.45. The van der Waals surface area contributed by atoms with Crippen LogP contribution in [0.4, 0.5) is 0 Å². The van der Waals surface area contributed by atoms with E-state index in [0.29, 0.717) is 12.0 Å². The van der Waals surface area contributed by atoms with Gasteiger partial charge < -0.3 is 9.80 Å². The number of hydrogen-bond donors (Lipinski definition) is 0. The van der Waals surface area contributed by atoms with Gasteiger partial charge in [-0.3, -0.25) is 0 Å². The first-order valence-corrected chi connectivity index (χ1v) is 6.08. The van der Waals surface area contributed by atoms with E-state index in [1.54, 1.807) is 0 Å². The van der Waals surface area contributed by atoms with Crippen molar-refractivity contribution in [2.75, 3.05) is 34.2 Å². The van der Waals surface area contributed by atoms with Crippen LogP contribution in [-0.2, 0) is 0 Å². The molecule has 1 saturated heterocycles. The van der Waals surface area contributed by atoms with Gasteiger partial charge in [0.25, 0.3) is 0 Å². The Hall–Kier alpha value is -0.860. The Labute approximate surface area is 98.9 Å². The van der Waals surface area contributed by atoms with Gasteiger partial charge in [0.05, 0.1) is 0 Å². The molecule has 0 saturated carbocycles. The summed E-state index contributed by atoms with van der Waals surface area (Å²) < 4.78 is 0. The van der Waals surface area contributed by atoms with E-state index in [1.165, 1.54) is 25.1 Å². The van der Waals surface area contributed by atoms with Gasteiger partial charge in [0, 0.05) is 18.5 Å². The number of piperidine rings is 1. The molecule has 1 heterocycles. The second-order valence-corrected chi connectivity index (χ2v) is 5.10. The van der Waals surface area contributed by atoms with Gasteiger partial charge in [-0.25, -0.2) is 0 Å². The van der Waals surface area contributed by atoms with Gasteiger partial charge in [-0.05, 0) is 39.7 Å². The average Bonchev–Trinajstić information content (AvgIpc) is 2.29. The second-order valence-electron chi connectivity index (χ2n) is 5.10. The molecule has 0 spiro atoms. The third-order valence-corrected chi connectivity index (χ3v) is 3.67. The van der Waals surface area contributed by atoms with E-state index >= 15 is 0 Å². The minimum atomic E-state index is 0.648. The first-order valence-electron chi connectivity index (χ1n) is 6.08. The number of hydrogen-bond acceptors (Lipinski definition) is 2. The molecule has 0 N–H and O–H groups in total. The molecule has 1 aliphatic heterocycles. The van der Waals surface area contributed by atoms with Crippen LogP contribution in [0.1, 0.15) is 17.9 Å². The van der Waals surface area contributed by atoms with E-state index in [2.05, 4.69) is 61.3 Å². The largest absolute Gasteiger partial charge is 0.306 e. The quantitative estimate of drug-likeness (QED) is 0.749. The highest BCUT2D eigenvalue weighted by atomic mass is 15.2. The molecule has 0 bridgehead atoms. The average molecular weight is 218 g/mol. The van der Waals surface area contributed by atoms with Crippen molar-refractivity contribution in [2.45, 2.75) is 18.4 Å². The van der Waals surface area contributed by atoms with Crippen LogP contribution in [0.25, 0.3) is 0 Å². The van der Waals surface area contributed by atoms with E-state index < -0.39 is 0 Å². The normalized spacial score (nSPS) is 27.2. The zero-order valence-electron chi connectivity index (χ0n) is 10.6. The summed E-state index contributed by atoms with van der Waals surface area (Å²) in [7, 11) is 6.62. The van der Waals surface area contributed by atoms with E-state index in [1.807, 2.05) is 0 Å². The van der Waals surface area contributed by atoms with Crippen LogP contribution in [0.2, 0.25) is 0 Å². The maximum atomic E-state index is 2.44. The lowest BCUT2D eigenvalue weighted by Crippen LogP contribution is -2.46. The monoisotopic (exact) mass is 218 g/mol. The summed E-state index contributed by atoms with van der Waals surface area (Å²) in [6.45, 7) is 2.39. The van der Waals surface area contributed by atoms with Gasteiger partial charge in [-0.2, -0.15) is 0 Å². The summed E-state index contributed by atoms with van der Waals surface area (Å²) in [5.41, 5.74) is 1.48. The topological polar surface area (TPSA) is 6.48 Å². The molecule has 16 heavy (non-hydrogen) atoms. The van der Waals surface area contributed by atoms with Crippen LogP contribution in [0.3, 0.4) is 0 Å². The molecule has 1 fully saturated rings. The van der Waals surface area contributed by atoms with Crippen molar-refractivity contribution in [1.29, 1.82) is 0 Å². The fourth-order valence-electron chi connectivity index (χ4n) is 2.75. The summed E-state index contributed by atoms with van der Waals surface area (Å²) in [6, 6.07) is 11.6. The summed E-state index contributed by atoms with van der Waals surface area (Å²) >= 11 is 0. The van der Waals surface area contributed by atoms with Crippen LogP contribution in [-0.4, -0.2) is 50.1 Å². The minimum absolute atomic E-state index is 0.648. The molecule has 0 amide bonds. The summed E-state index contributed by atoms with van der Waals surface area (Å²) in [6.07, 6.45) is 1.27. The molecule has 0 radical (unpaired) electrons. The first-order chi connectivity index (χ1) is 7.68. The van der Waals surface area contributed by atoms with Gasteiger partial charge in [0.15, 0.2) is 0 Å². The fourth-order valence-corrected chi connectivity index (χ4v) is 2.75. The van der Waals surface area contributed by atoms with Crippen molar-refractivity contribution in [3.8, 4) is 0 Å². The van der Waals surface area contributed by atoms with E-state index in [4.69, 9.17) is 0 Å². The maximum Gasteiger partial charge on any atom is 0.0182 e. The highest BCUT2D eigenvalue weighted by molar-refractivity contribution is 5.22. The Morgan fingerprint density at radius 2 is 1.88 bits per heavy atom. The Balaban J connectivity index is 2.21. The van der Waals surface area contributed by atoms with Crippen molar-refractivity contribution in [2.24, 2.45) is 0 Å². The van der Waals surface area contributed by atoms with E-state index in [-0.39, 0.29) is 0 Å². The molecule has 0 unspecified atom stereocenters. The minimum Gasteiger partial charge on any atom is -0.306 e. The Kier molecular flexibility index (Phi) is 3.62. The molecule has 0 aromatic heterocycles. The van der Waals surface area contributed by atoms with Crippen molar-refractivity contribution in [3.05, 3.63) is 35.9 Å². The third-order valence-electron chi connectivity index (χ3n) is 3.67.